The van der Waals surface area contributed by atoms with Crippen molar-refractivity contribution < 1.29 is 34.3 Å². The SMILES string of the molecule is CC(C)(C)[PH+]([C]1[CH][CH][CH][CH]1)C(C)(C)C.F[B-](F)(F)F.[CH]1[CH][CH][CH][CH]1.[Fe]. The Kier molecular flexibility index (Phi) is 13.7. The minimum Gasteiger partial charge on any atom is -0.418 e. The van der Waals surface area contributed by atoms with E-state index in [1.165, 1.54) is 0 Å². The molecule has 2 rings (SSSR count). The van der Waals surface area contributed by atoms with Crippen LogP contribution >= 0.6 is 7.92 Å². The molecule has 0 unspecified atom stereocenters. The summed E-state index contributed by atoms with van der Waals surface area (Å²) in [6.45, 7) is 14.2. The molecular weight excluding hydrogens is 390 g/mol. The van der Waals surface area contributed by atoms with E-state index in [1.54, 1.807) is 5.66 Å². The summed E-state index contributed by atoms with van der Waals surface area (Å²) in [5.74, 6) is 0. The van der Waals surface area contributed by atoms with Crippen LogP contribution in [0.1, 0.15) is 41.5 Å². The summed E-state index contributed by atoms with van der Waals surface area (Å²) in [5.41, 5.74) is 1.58. The third-order valence-corrected chi connectivity index (χ3v) is 6.92. The van der Waals surface area contributed by atoms with Gasteiger partial charge in [-0.25, -0.2) is 0 Å². The maximum atomic E-state index is 9.75. The normalized spacial score (nSPS) is 18.8. The predicted octanol–water partition coefficient (Wildman–Crippen LogP) is 6.48. The second-order valence-corrected chi connectivity index (χ2v) is 11.8. The van der Waals surface area contributed by atoms with Crippen molar-refractivity contribution in [1.29, 1.82) is 0 Å². The Morgan fingerprint density at radius 3 is 1.08 bits per heavy atom. The summed E-state index contributed by atoms with van der Waals surface area (Å²) in [6, 6.07) is 0. The molecule has 0 heterocycles. The van der Waals surface area contributed by atoms with Gasteiger partial charge in [-0.15, -0.1) is 0 Å². The van der Waals surface area contributed by atoms with E-state index in [0.29, 0.717) is 10.3 Å². The van der Waals surface area contributed by atoms with Crippen LogP contribution < -0.4 is 0 Å². The molecule has 0 atom stereocenters. The van der Waals surface area contributed by atoms with E-state index in [-0.39, 0.29) is 17.1 Å². The van der Waals surface area contributed by atoms with Crippen LogP contribution in [0.4, 0.5) is 17.3 Å². The van der Waals surface area contributed by atoms with Crippen LogP contribution in [0.5, 0.6) is 0 Å². The van der Waals surface area contributed by atoms with Crippen molar-refractivity contribution in [3.05, 3.63) is 63.4 Å². The van der Waals surface area contributed by atoms with Gasteiger partial charge >= 0.3 is 7.25 Å². The average molecular weight is 418 g/mol. The Morgan fingerprint density at radius 1 is 0.640 bits per heavy atom. The van der Waals surface area contributed by atoms with Crippen LogP contribution in [0, 0.1) is 63.4 Å². The fraction of sp³-hybridized carbons (Fsp3) is 0.444. The van der Waals surface area contributed by atoms with Gasteiger partial charge in [0, 0.05) is 37.8 Å². The molecule has 2 saturated carbocycles. The van der Waals surface area contributed by atoms with Gasteiger partial charge in [-0.1, -0.05) is 0 Å². The predicted molar refractivity (Wildman–Crippen MR) is 100.0 cm³/mol. The molecule has 0 aromatic heterocycles. The van der Waals surface area contributed by atoms with Crippen molar-refractivity contribution in [2.75, 3.05) is 0 Å². The van der Waals surface area contributed by atoms with Crippen LogP contribution in [-0.2, 0) is 17.1 Å². The van der Waals surface area contributed by atoms with Crippen LogP contribution in [0.3, 0.4) is 0 Å². The Labute approximate surface area is 165 Å². The number of halogens is 4. The van der Waals surface area contributed by atoms with Crippen molar-refractivity contribution in [3.63, 3.8) is 0 Å². The van der Waals surface area contributed by atoms with Crippen LogP contribution in [-0.4, -0.2) is 17.6 Å². The third kappa shape index (κ3) is 15.5. The summed E-state index contributed by atoms with van der Waals surface area (Å²) in [5, 5.41) is 0.856. The van der Waals surface area contributed by atoms with E-state index in [9.17, 15) is 17.3 Å². The van der Waals surface area contributed by atoms with E-state index in [0.717, 1.165) is 0 Å². The van der Waals surface area contributed by atoms with Gasteiger partial charge in [0.05, 0.1) is 10.3 Å². The molecule has 0 bridgehead atoms. The second kappa shape index (κ2) is 12.2. The van der Waals surface area contributed by atoms with E-state index < -0.39 is 15.2 Å². The molecule has 2 aliphatic carbocycles. The van der Waals surface area contributed by atoms with Gasteiger partial charge < -0.3 is 17.3 Å². The van der Waals surface area contributed by atoms with E-state index in [2.05, 4.69) is 67.2 Å². The Morgan fingerprint density at radius 2 is 0.880 bits per heavy atom. The molecule has 0 amide bonds. The van der Waals surface area contributed by atoms with Crippen LogP contribution in [0.15, 0.2) is 0 Å². The minimum absolute atomic E-state index is 0. The summed E-state index contributed by atoms with van der Waals surface area (Å²) >= 11 is 0. The van der Waals surface area contributed by atoms with Crippen molar-refractivity contribution in [1.82, 2.24) is 0 Å². The monoisotopic (exact) mass is 418 g/mol. The van der Waals surface area contributed by atoms with Gasteiger partial charge in [0.2, 0.25) is 0 Å². The molecule has 0 saturated heterocycles. The van der Waals surface area contributed by atoms with Gasteiger partial charge in [-0.3, -0.25) is 0 Å². The van der Waals surface area contributed by atoms with Crippen molar-refractivity contribution in [2.24, 2.45) is 0 Å². The zero-order valence-electron chi connectivity index (χ0n) is 15.6. The summed E-state index contributed by atoms with van der Waals surface area (Å²) < 4.78 is 39.0. The molecule has 0 aromatic carbocycles. The zero-order valence-corrected chi connectivity index (χ0v) is 17.7. The maximum absolute atomic E-state index is 9.75. The molecule has 25 heavy (non-hydrogen) atoms. The van der Waals surface area contributed by atoms with Crippen molar-refractivity contribution in [3.8, 4) is 0 Å². The number of hydrogen-bond acceptors (Lipinski definition) is 0. The van der Waals surface area contributed by atoms with Gasteiger partial charge in [0.25, 0.3) is 0 Å². The molecule has 2 fully saturated rings. The van der Waals surface area contributed by atoms with Crippen molar-refractivity contribution in [2.45, 2.75) is 51.9 Å². The summed E-state index contributed by atoms with van der Waals surface area (Å²) in [4.78, 5) is 0. The van der Waals surface area contributed by atoms with Crippen molar-refractivity contribution >= 4 is 15.2 Å². The molecule has 2 aliphatic rings. The topological polar surface area (TPSA) is 0 Å². The van der Waals surface area contributed by atoms with E-state index in [4.69, 9.17) is 0 Å². The first-order chi connectivity index (χ1) is 10.7. The van der Waals surface area contributed by atoms with Crippen LogP contribution in [0.25, 0.3) is 0 Å². The molecular formula is C18H28BF4FeP. The Balaban J connectivity index is 0. The smallest absolute Gasteiger partial charge is 0.418 e. The number of hydrogen-bond donors (Lipinski definition) is 0. The first-order valence-electron chi connectivity index (χ1n) is 7.87. The third-order valence-electron chi connectivity index (χ3n) is 3.01. The Hall–Kier alpha value is 0.734. The largest absolute Gasteiger partial charge is 0.673 e. The quantitative estimate of drug-likeness (QED) is 0.260. The summed E-state index contributed by atoms with van der Waals surface area (Å²) in [6.07, 6.45) is 18.9. The number of rotatable bonds is 1. The van der Waals surface area contributed by atoms with Gasteiger partial charge in [0.15, 0.2) is 0 Å². The maximum Gasteiger partial charge on any atom is 0.673 e. The first kappa shape index (κ1) is 27.9. The minimum atomic E-state index is -6.00. The van der Waals surface area contributed by atoms with Gasteiger partial charge in [-0.2, -0.15) is 0 Å². The average Bonchev–Trinajstić information content (AvgIpc) is 2.97. The zero-order chi connectivity index (χ0) is 19.0. The first-order valence-corrected chi connectivity index (χ1v) is 9.37. The molecule has 0 spiro atoms. The van der Waals surface area contributed by atoms with E-state index >= 15 is 0 Å². The van der Waals surface area contributed by atoms with E-state index in [1.807, 2.05) is 32.1 Å². The fourth-order valence-corrected chi connectivity index (χ4v) is 7.36. The molecule has 144 valence electrons. The molecule has 10 radical (unpaired) electrons. The molecule has 7 heteroatoms. The Bertz CT molecular complexity index is 300. The second-order valence-electron chi connectivity index (χ2n) is 7.51. The van der Waals surface area contributed by atoms with Gasteiger partial charge in [-0.05, 0) is 86.5 Å². The summed E-state index contributed by atoms with van der Waals surface area (Å²) in [7, 11) is -6.51. The van der Waals surface area contributed by atoms with Crippen LogP contribution in [0.2, 0.25) is 0 Å². The van der Waals surface area contributed by atoms with Gasteiger partial charge in [0.1, 0.15) is 5.66 Å². The molecule has 0 aliphatic heterocycles. The molecule has 0 aromatic rings. The molecule has 0 nitrogen and oxygen atoms in total. The fourth-order valence-electron chi connectivity index (χ4n) is 2.85. The standard InChI is InChI=1S/C13H23P.C5H5.BF4.Fe/c1-12(2,3)14(13(4,5)6)11-9-7-8-10-11;1-2-4-5-3-1;2-1(3,4)5;/h7-10,14H,1-6H3;1-5H;;/q+1;;-1;. The molecule has 0 N–H and O–H groups in total.